The Kier molecular flexibility index (Phi) is 10.5. The molecule has 11 nitrogen and oxygen atoms in total. The van der Waals surface area contributed by atoms with E-state index in [4.69, 9.17) is 10.8 Å². The first-order chi connectivity index (χ1) is 14.5. The molecule has 31 heavy (non-hydrogen) atoms. The van der Waals surface area contributed by atoms with E-state index in [1.54, 1.807) is 30.3 Å². The molecule has 0 bridgehead atoms. The first kappa shape index (κ1) is 25.9. The number of aliphatic carboxylic acids is 2. The van der Waals surface area contributed by atoms with Crippen LogP contribution < -0.4 is 21.7 Å². The van der Waals surface area contributed by atoms with Crippen molar-refractivity contribution in [1.82, 2.24) is 16.0 Å². The van der Waals surface area contributed by atoms with Gasteiger partial charge in [0.1, 0.15) is 18.1 Å². The Bertz CT molecular complexity index is 806. The van der Waals surface area contributed by atoms with Crippen LogP contribution in [0, 0.1) is 0 Å². The maximum Gasteiger partial charge on any atom is 0.326 e. The zero-order chi connectivity index (χ0) is 23.6. The number of rotatable bonds is 12. The van der Waals surface area contributed by atoms with Gasteiger partial charge in [-0.25, -0.2) is 4.79 Å². The third kappa shape index (κ3) is 9.05. The predicted octanol–water partition coefficient (Wildman–Crippen LogP) is -1.48. The summed E-state index contributed by atoms with van der Waals surface area (Å²) in [6, 6.07) is 3.85. The van der Waals surface area contributed by atoms with Crippen molar-refractivity contribution in [2.45, 2.75) is 43.9 Å². The minimum atomic E-state index is -1.34. The maximum atomic E-state index is 12.5. The summed E-state index contributed by atoms with van der Waals surface area (Å²) in [7, 11) is 0. The fourth-order valence-corrected chi connectivity index (χ4v) is 2.74. The molecule has 0 aromatic heterocycles. The molecule has 4 unspecified atom stereocenters. The lowest BCUT2D eigenvalue weighted by Gasteiger charge is -2.22. The number of carbonyl (C=O) groups excluding carboxylic acids is 3. The van der Waals surface area contributed by atoms with E-state index in [-0.39, 0.29) is 12.2 Å². The molecular weight excluding hydrogens is 428 g/mol. The Morgan fingerprint density at radius 2 is 1.52 bits per heavy atom. The van der Waals surface area contributed by atoms with Gasteiger partial charge in [0.25, 0.3) is 0 Å². The molecule has 0 aliphatic rings. The Balaban J connectivity index is 2.69. The lowest BCUT2D eigenvalue weighted by atomic mass is 10.1. The zero-order valence-corrected chi connectivity index (χ0v) is 17.7. The van der Waals surface area contributed by atoms with Gasteiger partial charge in [-0.15, -0.1) is 0 Å². The van der Waals surface area contributed by atoms with Gasteiger partial charge < -0.3 is 31.9 Å². The first-order valence-corrected chi connectivity index (χ1v) is 9.94. The van der Waals surface area contributed by atoms with Crippen molar-refractivity contribution in [3.8, 4) is 0 Å². The van der Waals surface area contributed by atoms with Crippen LogP contribution in [0.3, 0.4) is 0 Å². The first-order valence-electron chi connectivity index (χ1n) is 9.31. The fraction of sp³-hybridized carbons (Fsp3) is 0.421. The monoisotopic (exact) mass is 454 g/mol. The van der Waals surface area contributed by atoms with Crippen molar-refractivity contribution in [3.63, 3.8) is 0 Å². The van der Waals surface area contributed by atoms with Gasteiger partial charge in [-0.1, -0.05) is 30.3 Å². The van der Waals surface area contributed by atoms with E-state index in [2.05, 4.69) is 28.6 Å². The smallest absolute Gasteiger partial charge is 0.326 e. The molecule has 0 saturated carbocycles. The number of benzene rings is 1. The van der Waals surface area contributed by atoms with Gasteiger partial charge in [-0.05, 0) is 12.5 Å². The normalized spacial score (nSPS) is 14.4. The molecule has 3 amide bonds. The quantitative estimate of drug-likeness (QED) is 0.186. The van der Waals surface area contributed by atoms with Gasteiger partial charge in [0.15, 0.2) is 0 Å². The summed E-state index contributed by atoms with van der Waals surface area (Å²) in [6.45, 7) is 1.32. The summed E-state index contributed by atoms with van der Waals surface area (Å²) in [6.07, 6.45) is -0.567. The number of carboxylic acids is 2. The summed E-state index contributed by atoms with van der Waals surface area (Å²) in [5, 5.41) is 25.0. The minimum absolute atomic E-state index is 0.0447. The highest BCUT2D eigenvalue weighted by Gasteiger charge is 2.28. The SMILES string of the molecule is CC(NC(=O)C(N)CC(=O)O)C(=O)NC(CS)C(=O)NC(Cc1ccccc1)C(=O)O. The molecular formula is C19H26N4O7S. The van der Waals surface area contributed by atoms with Gasteiger partial charge in [0, 0.05) is 12.2 Å². The highest BCUT2D eigenvalue weighted by atomic mass is 32.1. The highest BCUT2D eigenvalue weighted by molar-refractivity contribution is 7.80. The number of nitrogens with one attached hydrogen (secondary N) is 3. The van der Waals surface area contributed by atoms with Crippen molar-refractivity contribution in [2.75, 3.05) is 5.75 Å². The van der Waals surface area contributed by atoms with Crippen LogP contribution in [0.2, 0.25) is 0 Å². The Hall–Kier alpha value is -3.12. The molecule has 0 heterocycles. The predicted molar refractivity (Wildman–Crippen MR) is 113 cm³/mol. The summed E-state index contributed by atoms with van der Waals surface area (Å²) in [4.78, 5) is 58.7. The second-order valence-electron chi connectivity index (χ2n) is 6.77. The molecule has 0 saturated heterocycles. The van der Waals surface area contributed by atoms with Crippen molar-refractivity contribution in [1.29, 1.82) is 0 Å². The third-order valence-corrected chi connectivity index (χ3v) is 4.56. The van der Waals surface area contributed by atoms with Crippen molar-refractivity contribution < 1.29 is 34.2 Å². The maximum absolute atomic E-state index is 12.5. The lowest BCUT2D eigenvalue weighted by Crippen LogP contribution is -2.57. The summed E-state index contributed by atoms with van der Waals surface area (Å²) < 4.78 is 0. The largest absolute Gasteiger partial charge is 0.481 e. The molecule has 12 heteroatoms. The molecule has 0 aliphatic carbocycles. The zero-order valence-electron chi connectivity index (χ0n) is 16.8. The molecule has 170 valence electrons. The van der Waals surface area contributed by atoms with Crippen LogP contribution in [0.1, 0.15) is 18.9 Å². The number of hydrogen-bond acceptors (Lipinski definition) is 7. The third-order valence-electron chi connectivity index (χ3n) is 4.20. The highest BCUT2D eigenvalue weighted by Crippen LogP contribution is 2.04. The average Bonchev–Trinajstić information content (AvgIpc) is 2.71. The van der Waals surface area contributed by atoms with Gasteiger partial charge in [0.05, 0.1) is 12.5 Å². The average molecular weight is 455 g/mol. The van der Waals surface area contributed by atoms with Crippen LogP contribution in [0.25, 0.3) is 0 Å². The van der Waals surface area contributed by atoms with Gasteiger partial charge in [0.2, 0.25) is 17.7 Å². The van der Waals surface area contributed by atoms with Crippen LogP contribution in [0.15, 0.2) is 30.3 Å². The molecule has 7 N–H and O–H groups in total. The number of nitrogens with two attached hydrogens (primary N) is 1. The van der Waals surface area contributed by atoms with Crippen molar-refractivity contribution in [2.24, 2.45) is 5.73 Å². The summed E-state index contributed by atoms with van der Waals surface area (Å²) in [5.41, 5.74) is 6.14. The molecule has 1 aromatic rings. The Morgan fingerprint density at radius 1 is 0.935 bits per heavy atom. The molecule has 0 aliphatic heterocycles. The summed E-state index contributed by atoms with van der Waals surface area (Å²) >= 11 is 4.02. The van der Waals surface area contributed by atoms with Crippen LogP contribution in [-0.2, 0) is 30.4 Å². The van der Waals surface area contributed by atoms with E-state index in [1.165, 1.54) is 6.92 Å². The Labute approximate surface area is 184 Å². The van der Waals surface area contributed by atoms with Gasteiger partial charge in [-0.2, -0.15) is 12.6 Å². The second-order valence-corrected chi connectivity index (χ2v) is 7.13. The van der Waals surface area contributed by atoms with Crippen LogP contribution in [0.4, 0.5) is 0 Å². The standard InChI is InChI=1S/C19H26N4O7S/c1-10(21-17(27)12(20)8-15(24)25)16(26)23-14(9-31)18(28)22-13(19(29)30)7-11-5-3-2-4-6-11/h2-6,10,12-14,31H,7-9,20H2,1H3,(H,21,27)(H,22,28)(H,23,26)(H,24,25)(H,29,30). The number of carboxylic acid groups (broad SMARTS) is 2. The van der Waals surface area contributed by atoms with Gasteiger partial charge in [-0.3, -0.25) is 19.2 Å². The summed E-state index contributed by atoms with van der Waals surface area (Å²) in [5.74, 6) is -4.99. The van der Waals surface area contributed by atoms with E-state index in [9.17, 15) is 29.1 Å². The van der Waals surface area contributed by atoms with E-state index < -0.39 is 60.2 Å². The number of amides is 3. The molecule has 1 rings (SSSR count). The fourth-order valence-electron chi connectivity index (χ4n) is 2.48. The molecule has 4 atom stereocenters. The molecule has 0 spiro atoms. The second kappa shape index (κ2) is 12.5. The van der Waals surface area contributed by atoms with E-state index in [0.29, 0.717) is 5.56 Å². The molecule has 1 aromatic carbocycles. The van der Waals surface area contributed by atoms with E-state index in [0.717, 1.165) is 0 Å². The van der Waals surface area contributed by atoms with Crippen molar-refractivity contribution >= 4 is 42.3 Å². The molecule has 0 fully saturated rings. The molecule has 0 radical (unpaired) electrons. The Morgan fingerprint density at radius 3 is 2.03 bits per heavy atom. The topological polar surface area (TPSA) is 188 Å². The van der Waals surface area contributed by atoms with Crippen LogP contribution >= 0.6 is 12.6 Å². The number of carbonyl (C=O) groups is 5. The van der Waals surface area contributed by atoms with Gasteiger partial charge >= 0.3 is 11.9 Å². The number of thiol groups is 1. The van der Waals surface area contributed by atoms with E-state index >= 15 is 0 Å². The van der Waals surface area contributed by atoms with Crippen LogP contribution in [0.5, 0.6) is 0 Å². The number of hydrogen-bond donors (Lipinski definition) is 7. The minimum Gasteiger partial charge on any atom is -0.481 e. The van der Waals surface area contributed by atoms with Crippen LogP contribution in [-0.4, -0.2) is 69.8 Å². The van der Waals surface area contributed by atoms with Crippen molar-refractivity contribution in [3.05, 3.63) is 35.9 Å². The van der Waals surface area contributed by atoms with E-state index in [1.807, 2.05) is 0 Å². The lowest BCUT2D eigenvalue weighted by molar-refractivity contribution is -0.142.